The molecule has 0 bridgehead atoms. The Kier molecular flexibility index (Phi) is 5.81. The van der Waals surface area contributed by atoms with Gasteiger partial charge in [0.2, 0.25) is 0 Å². The van der Waals surface area contributed by atoms with Crippen molar-refractivity contribution in [3.05, 3.63) is 53.9 Å². The fourth-order valence-corrected chi connectivity index (χ4v) is 2.53. The number of nitrogens with one attached hydrogen (secondary N) is 1. The Balaban J connectivity index is 2.04. The molecular formula is C17H25N3. The number of nitrogens with zero attached hydrogens (tertiary/aromatic N) is 2. The Morgan fingerprint density at radius 3 is 2.65 bits per heavy atom. The topological polar surface area (TPSA) is 29.9 Å². The molecule has 1 aromatic heterocycles. The van der Waals surface area contributed by atoms with E-state index in [1.165, 1.54) is 11.3 Å². The molecule has 0 saturated heterocycles. The summed E-state index contributed by atoms with van der Waals surface area (Å²) in [6.45, 7) is 6.33. The highest BCUT2D eigenvalue weighted by atomic mass is 15.3. The van der Waals surface area contributed by atoms with E-state index in [0.717, 1.165) is 32.4 Å². The van der Waals surface area contributed by atoms with E-state index >= 15 is 0 Å². The molecule has 0 radical (unpaired) electrons. The second kappa shape index (κ2) is 7.85. The Morgan fingerprint density at radius 2 is 1.95 bits per heavy atom. The van der Waals surface area contributed by atoms with Crippen molar-refractivity contribution in [2.24, 2.45) is 0 Å². The lowest BCUT2D eigenvalue weighted by molar-refractivity contribution is 0.456. The zero-order valence-electron chi connectivity index (χ0n) is 12.5. The average molecular weight is 271 g/mol. The minimum atomic E-state index is 0.387. The molecule has 3 heteroatoms. The molecule has 0 saturated carbocycles. The molecule has 1 atom stereocenters. The van der Waals surface area contributed by atoms with Gasteiger partial charge in [0.25, 0.3) is 0 Å². The van der Waals surface area contributed by atoms with Crippen molar-refractivity contribution in [3.8, 4) is 0 Å². The minimum Gasteiger partial charge on any atom is -0.309 e. The van der Waals surface area contributed by atoms with Crippen molar-refractivity contribution in [2.75, 3.05) is 6.54 Å². The van der Waals surface area contributed by atoms with Crippen LogP contribution in [0.1, 0.15) is 44.0 Å². The summed E-state index contributed by atoms with van der Waals surface area (Å²) in [5, 5.41) is 8.05. The third-order valence-electron chi connectivity index (χ3n) is 3.61. The van der Waals surface area contributed by atoms with E-state index in [2.05, 4.69) is 65.3 Å². The summed E-state index contributed by atoms with van der Waals surface area (Å²) in [6, 6.07) is 13.2. The second-order valence-electron chi connectivity index (χ2n) is 5.10. The quantitative estimate of drug-likeness (QED) is 0.795. The van der Waals surface area contributed by atoms with Gasteiger partial charge in [-0.05, 0) is 44.4 Å². The molecule has 2 aromatic rings. The van der Waals surface area contributed by atoms with E-state index in [9.17, 15) is 0 Å². The summed E-state index contributed by atoms with van der Waals surface area (Å²) in [7, 11) is 0. The molecular weight excluding hydrogens is 246 g/mol. The van der Waals surface area contributed by atoms with Crippen LogP contribution in [0.2, 0.25) is 0 Å². The van der Waals surface area contributed by atoms with Crippen LogP contribution in [0.15, 0.2) is 42.6 Å². The summed E-state index contributed by atoms with van der Waals surface area (Å²) < 4.78 is 2.10. The summed E-state index contributed by atoms with van der Waals surface area (Å²) in [4.78, 5) is 0. The molecule has 1 heterocycles. The number of hydrogen-bond donors (Lipinski definition) is 1. The highest BCUT2D eigenvalue weighted by Crippen LogP contribution is 2.19. The van der Waals surface area contributed by atoms with Crippen molar-refractivity contribution < 1.29 is 0 Å². The van der Waals surface area contributed by atoms with Gasteiger partial charge in [-0.25, -0.2) is 0 Å². The molecule has 20 heavy (non-hydrogen) atoms. The van der Waals surface area contributed by atoms with Crippen LogP contribution in [-0.4, -0.2) is 16.3 Å². The molecule has 3 nitrogen and oxygen atoms in total. The van der Waals surface area contributed by atoms with Gasteiger partial charge in [0.05, 0.1) is 5.69 Å². The van der Waals surface area contributed by atoms with Crippen molar-refractivity contribution >= 4 is 0 Å². The normalized spacial score (nSPS) is 12.5. The Labute approximate surface area is 122 Å². The summed E-state index contributed by atoms with van der Waals surface area (Å²) in [5.74, 6) is 0. The van der Waals surface area contributed by atoms with E-state index in [0.29, 0.717) is 6.04 Å². The fourth-order valence-electron chi connectivity index (χ4n) is 2.53. The first kappa shape index (κ1) is 14.8. The van der Waals surface area contributed by atoms with Crippen LogP contribution in [0.4, 0.5) is 0 Å². The number of hydrogen-bond acceptors (Lipinski definition) is 2. The monoisotopic (exact) mass is 271 g/mol. The van der Waals surface area contributed by atoms with Gasteiger partial charge in [-0.3, -0.25) is 4.68 Å². The average Bonchev–Trinajstić information content (AvgIpc) is 2.97. The standard InChI is InChI=1S/C17H25N3/c1-3-13-18-16(17-12-14-19-20(17)4-2)11-10-15-8-6-5-7-9-15/h5-9,12,14,16,18H,3-4,10-11,13H2,1-2H3. The van der Waals surface area contributed by atoms with Gasteiger partial charge in [-0.2, -0.15) is 5.10 Å². The van der Waals surface area contributed by atoms with Gasteiger partial charge in [0.1, 0.15) is 0 Å². The summed E-state index contributed by atoms with van der Waals surface area (Å²) in [6.07, 6.45) is 5.26. The van der Waals surface area contributed by atoms with E-state index in [-0.39, 0.29) is 0 Å². The predicted octanol–water partition coefficient (Wildman–Crippen LogP) is 3.58. The first-order valence-corrected chi connectivity index (χ1v) is 7.64. The number of aromatic nitrogens is 2. The van der Waals surface area contributed by atoms with Gasteiger partial charge in [-0.15, -0.1) is 0 Å². The number of rotatable bonds is 8. The molecule has 0 aliphatic carbocycles. The smallest absolute Gasteiger partial charge is 0.0553 e. The molecule has 0 aliphatic heterocycles. The van der Waals surface area contributed by atoms with Crippen LogP contribution in [0.25, 0.3) is 0 Å². The van der Waals surface area contributed by atoms with Crippen LogP contribution >= 0.6 is 0 Å². The SMILES string of the molecule is CCCNC(CCc1ccccc1)c1ccnn1CC. The van der Waals surface area contributed by atoms with Gasteiger partial charge >= 0.3 is 0 Å². The van der Waals surface area contributed by atoms with Crippen LogP contribution in [0.5, 0.6) is 0 Å². The van der Waals surface area contributed by atoms with Crippen molar-refractivity contribution in [2.45, 2.75) is 45.7 Å². The Bertz CT molecular complexity index is 490. The molecule has 0 spiro atoms. The summed E-state index contributed by atoms with van der Waals surface area (Å²) >= 11 is 0. The second-order valence-corrected chi connectivity index (χ2v) is 5.10. The third kappa shape index (κ3) is 3.94. The lowest BCUT2D eigenvalue weighted by Crippen LogP contribution is -2.25. The van der Waals surface area contributed by atoms with Crippen LogP contribution in [-0.2, 0) is 13.0 Å². The van der Waals surface area contributed by atoms with Crippen LogP contribution < -0.4 is 5.32 Å². The van der Waals surface area contributed by atoms with Gasteiger partial charge < -0.3 is 5.32 Å². The maximum Gasteiger partial charge on any atom is 0.0553 e. The minimum absolute atomic E-state index is 0.387. The summed E-state index contributed by atoms with van der Waals surface area (Å²) in [5.41, 5.74) is 2.70. The van der Waals surface area contributed by atoms with E-state index < -0.39 is 0 Å². The molecule has 0 fully saturated rings. The highest BCUT2D eigenvalue weighted by Gasteiger charge is 2.14. The molecule has 2 rings (SSSR count). The Hall–Kier alpha value is -1.61. The first-order chi connectivity index (χ1) is 9.85. The van der Waals surface area contributed by atoms with E-state index in [4.69, 9.17) is 0 Å². The van der Waals surface area contributed by atoms with Gasteiger partial charge in [0, 0.05) is 18.8 Å². The fraction of sp³-hybridized carbons (Fsp3) is 0.471. The molecule has 0 amide bonds. The zero-order chi connectivity index (χ0) is 14.2. The predicted molar refractivity (Wildman–Crippen MR) is 83.7 cm³/mol. The van der Waals surface area contributed by atoms with E-state index in [1.54, 1.807) is 0 Å². The van der Waals surface area contributed by atoms with Gasteiger partial charge in [-0.1, -0.05) is 37.3 Å². The zero-order valence-corrected chi connectivity index (χ0v) is 12.5. The molecule has 1 aromatic carbocycles. The van der Waals surface area contributed by atoms with E-state index in [1.807, 2.05) is 6.20 Å². The van der Waals surface area contributed by atoms with Crippen LogP contribution in [0, 0.1) is 0 Å². The van der Waals surface area contributed by atoms with Crippen molar-refractivity contribution in [3.63, 3.8) is 0 Å². The lowest BCUT2D eigenvalue weighted by Gasteiger charge is -2.19. The molecule has 0 aliphatic rings. The van der Waals surface area contributed by atoms with Gasteiger partial charge in [0.15, 0.2) is 0 Å². The largest absolute Gasteiger partial charge is 0.309 e. The number of benzene rings is 1. The van der Waals surface area contributed by atoms with Crippen molar-refractivity contribution in [1.29, 1.82) is 0 Å². The molecule has 108 valence electrons. The van der Waals surface area contributed by atoms with Crippen molar-refractivity contribution in [1.82, 2.24) is 15.1 Å². The lowest BCUT2D eigenvalue weighted by atomic mass is 10.0. The molecule has 1 N–H and O–H groups in total. The maximum absolute atomic E-state index is 4.40. The number of aryl methyl sites for hydroxylation is 2. The maximum atomic E-state index is 4.40. The van der Waals surface area contributed by atoms with Crippen LogP contribution in [0.3, 0.4) is 0 Å². The first-order valence-electron chi connectivity index (χ1n) is 7.64. The highest BCUT2D eigenvalue weighted by molar-refractivity contribution is 5.16. The molecule has 1 unspecified atom stereocenters. The Morgan fingerprint density at radius 1 is 1.15 bits per heavy atom. The third-order valence-corrected chi connectivity index (χ3v) is 3.61.